The van der Waals surface area contributed by atoms with Crippen LogP contribution < -0.4 is 0 Å². The molecule has 0 bridgehead atoms. The molecular weight excluding hydrogens is 332 g/mol. The van der Waals surface area contributed by atoms with Gasteiger partial charge in [0.1, 0.15) is 5.92 Å². The van der Waals surface area contributed by atoms with Crippen molar-refractivity contribution >= 4 is 23.1 Å². The van der Waals surface area contributed by atoms with E-state index < -0.39 is 40.6 Å². The molecule has 2 unspecified atom stereocenters. The Kier molecular flexibility index (Phi) is 7.63. The Bertz CT molecular complexity index is 600. The van der Waals surface area contributed by atoms with Crippen molar-refractivity contribution in [1.29, 1.82) is 0 Å². The third-order valence-corrected chi connectivity index (χ3v) is 4.74. The molecule has 0 spiro atoms. The van der Waals surface area contributed by atoms with Crippen molar-refractivity contribution < 1.29 is 24.3 Å². The molecule has 0 heterocycles. The molecule has 0 saturated heterocycles. The first-order chi connectivity index (χ1) is 11.9. The van der Waals surface area contributed by atoms with Crippen LogP contribution in [0.1, 0.15) is 60.8 Å². The van der Waals surface area contributed by atoms with Gasteiger partial charge in [-0.25, -0.2) is 0 Å². The SMILES string of the molecule is CC(C)/C=C/C(=O)C1(O)C(=O)C(C(=O)CC(C)C)C(=O)[C@H]1CCC(C)C. The number of hydrogen-bond acceptors (Lipinski definition) is 5. The van der Waals surface area contributed by atoms with Gasteiger partial charge in [0.05, 0.1) is 5.92 Å². The van der Waals surface area contributed by atoms with Gasteiger partial charge in [0, 0.05) is 6.42 Å². The van der Waals surface area contributed by atoms with Crippen molar-refractivity contribution in [1.82, 2.24) is 0 Å². The summed E-state index contributed by atoms with van der Waals surface area (Å²) in [6, 6.07) is 0. The topological polar surface area (TPSA) is 88.5 Å². The maximum absolute atomic E-state index is 12.9. The second-order valence-electron chi connectivity index (χ2n) is 8.52. The van der Waals surface area contributed by atoms with Gasteiger partial charge in [-0.15, -0.1) is 0 Å². The normalized spacial score (nSPS) is 26.7. The standard InChI is InChI=1S/C21H32O5/c1-12(2)7-9-15-19(24)18(16(22)11-14(5)6)20(25)21(15,26)17(23)10-8-13(3)4/h8,10,12-15,18,26H,7,9,11H2,1-6H3/b10-8+/t15-,18?,21?/m1/s1. The van der Waals surface area contributed by atoms with E-state index in [1.807, 2.05) is 41.5 Å². The minimum absolute atomic E-state index is 0.0116. The number of carbonyl (C=O) groups excluding carboxylic acids is 4. The lowest BCUT2D eigenvalue weighted by atomic mass is 9.81. The van der Waals surface area contributed by atoms with Gasteiger partial charge in [-0.3, -0.25) is 19.2 Å². The third-order valence-electron chi connectivity index (χ3n) is 4.74. The second-order valence-corrected chi connectivity index (χ2v) is 8.52. The zero-order valence-electron chi connectivity index (χ0n) is 16.7. The third kappa shape index (κ3) is 4.76. The largest absolute Gasteiger partial charge is 0.374 e. The molecule has 0 radical (unpaired) electrons. The highest BCUT2D eigenvalue weighted by atomic mass is 16.3. The first-order valence-corrected chi connectivity index (χ1v) is 9.48. The van der Waals surface area contributed by atoms with Crippen LogP contribution in [0.2, 0.25) is 0 Å². The van der Waals surface area contributed by atoms with Crippen LogP contribution in [0.3, 0.4) is 0 Å². The fourth-order valence-electron chi connectivity index (χ4n) is 3.30. The van der Waals surface area contributed by atoms with Crippen LogP contribution in [0.15, 0.2) is 12.2 Å². The number of hydrogen-bond donors (Lipinski definition) is 1. The molecule has 1 fully saturated rings. The van der Waals surface area contributed by atoms with Crippen LogP contribution >= 0.6 is 0 Å². The molecule has 1 rings (SSSR count). The average molecular weight is 364 g/mol. The lowest BCUT2D eigenvalue weighted by molar-refractivity contribution is -0.151. The summed E-state index contributed by atoms with van der Waals surface area (Å²) < 4.78 is 0. The highest BCUT2D eigenvalue weighted by molar-refractivity contribution is 6.34. The molecule has 0 amide bonds. The fraction of sp³-hybridized carbons (Fsp3) is 0.714. The first kappa shape index (κ1) is 22.4. The number of aliphatic hydroxyl groups is 1. The Labute approximate surface area is 156 Å². The lowest BCUT2D eigenvalue weighted by Crippen LogP contribution is -2.49. The van der Waals surface area contributed by atoms with Gasteiger partial charge in [-0.05, 0) is 30.3 Å². The Morgan fingerprint density at radius 3 is 2.12 bits per heavy atom. The minimum Gasteiger partial charge on any atom is -0.374 e. The van der Waals surface area contributed by atoms with E-state index in [1.54, 1.807) is 6.08 Å². The molecule has 1 aliphatic carbocycles. The molecular formula is C21H32O5. The van der Waals surface area contributed by atoms with E-state index in [-0.39, 0.29) is 30.6 Å². The number of Topliss-reactive ketones (excluding diaryl/α,β-unsaturated/α-hetero) is 3. The van der Waals surface area contributed by atoms with Crippen molar-refractivity contribution in [3.05, 3.63) is 12.2 Å². The van der Waals surface area contributed by atoms with Gasteiger partial charge < -0.3 is 5.11 Å². The molecule has 146 valence electrons. The summed E-state index contributed by atoms with van der Waals surface area (Å²) in [6.07, 6.45) is 3.63. The fourth-order valence-corrected chi connectivity index (χ4v) is 3.30. The highest BCUT2D eigenvalue weighted by Gasteiger charge is 2.64. The van der Waals surface area contributed by atoms with Gasteiger partial charge in [-0.2, -0.15) is 0 Å². The van der Waals surface area contributed by atoms with Gasteiger partial charge in [0.25, 0.3) is 0 Å². The highest BCUT2D eigenvalue weighted by Crippen LogP contribution is 2.39. The molecule has 1 aliphatic rings. The predicted molar refractivity (Wildman–Crippen MR) is 99.5 cm³/mol. The van der Waals surface area contributed by atoms with Crippen LogP contribution in [-0.4, -0.2) is 33.8 Å². The summed E-state index contributed by atoms with van der Waals surface area (Å²) in [5, 5.41) is 11.0. The number of carbonyl (C=O) groups is 4. The van der Waals surface area contributed by atoms with Crippen LogP contribution in [0.4, 0.5) is 0 Å². The van der Waals surface area contributed by atoms with Crippen LogP contribution in [0.5, 0.6) is 0 Å². The molecule has 0 aliphatic heterocycles. The molecule has 3 atom stereocenters. The zero-order chi connectivity index (χ0) is 20.2. The molecule has 1 N–H and O–H groups in total. The Morgan fingerprint density at radius 2 is 1.65 bits per heavy atom. The quantitative estimate of drug-likeness (QED) is 0.502. The van der Waals surface area contributed by atoms with E-state index in [2.05, 4.69) is 0 Å². The van der Waals surface area contributed by atoms with Crippen molar-refractivity contribution in [2.24, 2.45) is 29.6 Å². The van der Waals surface area contributed by atoms with Gasteiger partial charge >= 0.3 is 0 Å². The van der Waals surface area contributed by atoms with Gasteiger partial charge in [0.2, 0.25) is 0 Å². The van der Waals surface area contributed by atoms with E-state index in [9.17, 15) is 24.3 Å². The predicted octanol–water partition coefficient (Wildman–Crippen LogP) is 2.93. The van der Waals surface area contributed by atoms with Crippen molar-refractivity contribution in [3.8, 4) is 0 Å². The van der Waals surface area contributed by atoms with Crippen LogP contribution in [0.25, 0.3) is 0 Å². The van der Waals surface area contributed by atoms with Crippen molar-refractivity contribution in [2.75, 3.05) is 0 Å². The van der Waals surface area contributed by atoms with E-state index in [1.165, 1.54) is 6.08 Å². The average Bonchev–Trinajstić information content (AvgIpc) is 2.69. The van der Waals surface area contributed by atoms with E-state index in [0.717, 1.165) is 0 Å². The van der Waals surface area contributed by atoms with Gasteiger partial charge in [-0.1, -0.05) is 54.0 Å². The Balaban J connectivity index is 3.28. The van der Waals surface area contributed by atoms with E-state index in [4.69, 9.17) is 0 Å². The first-order valence-electron chi connectivity index (χ1n) is 9.48. The number of ketones is 4. The summed E-state index contributed by atoms with van der Waals surface area (Å²) in [7, 11) is 0. The maximum Gasteiger partial charge on any atom is 0.196 e. The van der Waals surface area contributed by atoms with Crippen LogP contribution in [0, 0.1) is 29.6 Å². The number of allylic oxidation sites excluding steroid dienone is 1. The lowest BCUT2D eigenvalue weighted by Gasteiger charge is -2.25. The molecule has 0 aromatic rings. The molecule has 1 saturated carbocycles. The summed E-state index contributed by atoms with van der Waals surface area (Å²) in [6.45, 7) is 11.3. The molecule has 26 heavy (non-hydrogen) atoms. The monoisotopic (exact) mass is 364 g/mol. The smallest absolute Gasteiger partial charge is 0.196 e. The summed E-state index contributed by atoms with van der Waals surface area (Å²) in [4.78, 5) is 50.8. The van der Waals surface area contributed by atoms with E-state index in [0.29, 0.717) is 6.42 Å². The van der Waals surface area contributed by atoms with E-state index >= 15 is 0 Å². The number of rotatable bonds is 9. The Hall–Kier alpha value is -1.62. The van der Waals surface area contributed by atoms with Crippen molar-refractivity contribution in [2.45, 2.75) is 66.4 Å². The Morgan fingerprint density at radius 1 is 1.08 bits per heavy atom. The zero-order valence-corrected chi connectivity index (χ0v) is 16.7. The van der Waals surface area contributed by atoms with Gasteiger partial charge in [0.15, 0.2) is 28.7 Å². The molecule has 0 aromatic heterocycles. The molecule has 5 heteroatoms. The summed E-state index contributed by atoms with van der Waals surface area (Å²) >= 11 is 0. The minimum atomic E-state index is -2.42. The van der Waals surface area contributed by atoms with Crippen molar-refractivity contribution in [3.63, 3.8) is 0 Å². The second kappa shape index (κ2) is 8.85. The van der Waals surface area contributed by atoms with Crippen LogP contribution in [-0.2, 0) is 19.2 Å². The molecule has 5 nitrogen and oxygen atoms in total. The molecule has 0 aromatic carbocycles. The summed E-state index contributed by atoms with van der Waals surface area (Å²) in [5.74, 6) is -5.22. The summed E-state index contributed by atoms with van der Waals surface area (Å²) in [5.41, 5.74) is -2.42. The maximum atomic E-state index is 12.9.